The normalized spacial score (nSPS) is 20.0. The predicted molar refractivity (Wildman–Crippen MR) is 55.4 cm³/mol. The van der Waals surface area contributed by atoms with Crippen LogP contribution in [0.25, 0.3) is 0 Å². The van der Waals surface area contributed by atoms with Crippen molar-refractivity contribution in [1.29, 1.82) is 0 Å². The summed E-state index contributed by atoms with van der Waals surface area (Å²) in [4.78, 5) is 0. The summed E-state index contributed by atoms with van der Waals surface area (Å²) in [6, 6.07) is 0.00569. The van der Waals surface area contributed by atoms with E-state index in [2.05, 4.69) is 11.2 Å². The Hall–Kier alpha value is -0.560. The Morgan fingerprint density at radius 1 is 1.62 bits per heavy atom. The molecule has 0 aliphatic carbocycles. The lowest BCUT2D eigenvalue weighted by molar-refractivity contribution is 0.0399. The van der Waals surface area contributed by atoms with Gasteiger partial charge in [-0.25, -0.2) is 0 Å². The molecule has 0 amide bonds. The van der Waals surface area contributed by atoms with Crippen LogP contribution in [0.15, 0.2) is 0 Å². The van der Waals surface area contributed by atoms with Crippen molar-refractivity contribution in [1.82, 2.24) is 5.32 Å². The Kier molecular flexibility index (Phi) is 5.01. The van der Waals surface area contributed by atoms with E-state index in [1.54, 1.807) is 7.11 Å². The molecule has 3 heteroatoms. The molecular weight excluding hydrogens is 164 g/mol. The molecule has 0 saturated carbocycles. The third-order valence-corrected chi connectivity index (χ3v) is 2.47. The van der Waals surface area contributed by atoms with E-state index in [-0.39, 0.29) is 17.7 Å². The van der Waals surface area contributed by atoms with Crippen LogP contribution in [-0.4, -0.2) is 31.3 Å². The van der Waals surface area contributed by atoms with Crippen LogP contribution in [-0.2, 0) is 4.74 Å². The fraction of sp³-hybridized carbons (Fsp3) is 0.800. The average Bonchev–Trinajstić information content (AvgIpc) is 2.15. The van der Waals surface area contributed by atoms with Gasteiger partial charge in [0.1, 0.15) is 0 Å². The van der Waals surface area contributed by atoms with Gasteiger partial charge in [-0.2, -0.15) is 0 Å². The van der Waals surface area contributed by atoms with Crippen LogP contribution in [0.1, 0.15) is 20.8 Å². The first kappa shape index (κ1) is 12.4. The van der Waals surface area contributed by atoms with Crippen molar-refractivity contribution < 1.29 is 4.74 Å². The molecule has 0 aromatic heterocycles. The fourth-order valence-electron chi connectivity index (χ4n) is 1.14. The summed E-state index contributed by atoms with van der Waals surface area (Å²) >= 11 is 0. The molecule has 0 spiro atoms. The largest absolute Gasteiger partial charge is 0.380 e. The third kappa shape index (κ3) is 3.35. The van der Waals surface area contributed by atoms with Gasteiger partial charge in [0.15, 0.2) is 0 Å². The molecule has 0 aliphatic rings. The highest BCUT2D eigenvalue weighted by molar-refractivity contribution is 5.02. The summed E-state index contributed by atoms with van der Waals surface area (Å²) in [6.07, 6.45) is 5.32. The molecule has 0 aliphatic heterocycles. The summed E-state index contributed by atoms with van der Waals surface area (Å²) in [5.74, 6) is 2.61. The van der Waals surface area contributed by atoms with Crippen LogP contribution >= 0.6 is 0 Å². The quantitative estimate of drug-likeness (QED) is 0.606. The summed E-state index contributed by atoms with van der Waals surface area (Å²) in [7, 11) is 1.67. The van der Waals surface area contributed by atoms with Crippen molar-refractivity contribution in [2.75, 3.05) is 13.7 Å². The zero-order chi connectivity index (χ0) is 10.5. The lowest BCUT2D eigenvalue weighted by atomic mass is 9.95. The van der Waals surface area contributed by atoms with Crippen LogP contribution < -0.4 is 11.1 Å². The Morgan fingerprint density at radius 3 is 2.46 bits per heavy atom. The number of nitrogens with one attached hydrogen (secondary N) is 1. The predicted octanol–water partition coefficient (Wildman–Crippen LogP) is 0.350. The zero-order valence-corrected chi connectivity index (χ0v) is 8.92. The second kappa shape index (κ2) is 5.23. The van der Waals surface area contributed by atoms with Gasteiger partial charge in [0.05, 0.1) is 17.7 Å². The maximum Gasteiger partial charge on any atom is 0.0734 e. The van der Waals surface area contributed by atoms with E-state index in [4.69, 9.17) is 16.9 Å². The molecule has 76 valence electrons. The summed E-state index contributed by atoms with van der Waals surface area (Å²) in [5.41, 5.74) is 5.41. The van der Waals surface area contributed by atoms with Crippen molar-refractivity contribution >= 4 is 0 Å². The molecule has 3 N–H and O–H groups in total. The van der Waals surface area contributed by atoms with E-state index >= 15 is 0 Å². The van der Waals surface area contributed by atoms with Crippen molar-refractivity contribution in [2.45, 2.75) is 38.5 Å². The maximum absolute atomic E-state index is 5.68. The number of hydrogen-bond donors (Lipinski definition) is 2. The van der Waals surface area contributed by atoms with Gasteiger partial charge >= 0.3 is 0 Å². The standard InChI is InChI=1S/C10H20N2O/c1-6-8(2)12-10(4,7-11)9(3)13-5/h1,8-9,12H,7,11H2,2-5H3. The van der Waals surface area contributed by atoms with Crippen LogP contribution in [0.4, 0.5) is 0 Å². The van der Waals surface area contributed by atoms with Gasteiger partial charge in [-0.05, 0) is 20.8 Å². The first-order valence-electron chi connectivity index (χ1n) is 4.47. The summed E-state index contributed by atoms with van der Waals surface area (Å²) in [6.45, 7) is 6.41. The Morgan fingerprint density at radius 2 is 2.15 bits per heavy atom. The molecule has 0 radical (unpaired) electrons. The lowest BCUT2D eigenvalue weighted by Gasteiger charge is -2.36. The van der Waals surface area contributed by atoms with E-state index in [1.165, 1.54) is 0 Å². The molecule has 0 aromatic carbocycles. The highest BCUT2D eigenvalue weighted by Gasteiger charge is 2.30. The van der Waals surface area contributed by atoms with Gasteiger partial charge in [-0.15, -0.1) is 6.42 Å². The van der Waals surface area contributed by atoms with Gasteiger partial charge in [0.25, 0.3) is 0 Å². The first-order chi connectivity index (χ1) is 6.00. The van der Waals surface area contributed by atoms with Crippen molar-refractivity contribution in [2.24, 2.45) is 5.73 Å². The minimum atomic E-state index is -0.263. The second-order valence-corrected chi connectivity index (χ2v) is 3.53. The molecule has 0 heterocycles. The molecule has 0 aromatic rings. The van der Waals surface area contributed by atoms with E-state index in [9.17, 15) is 0 Å². The second-order valence-electron chi connectivity index (χ2n) is 3.53. The van der Waals surface area contributed by atoms with Gasteiger partial charge in [0, 0.05) is 13.7 Å². The lowest BCUT2D eigenvalue weighted by Crippen LogP contribution is -2.59. The summed E-state index contributed by atoms with van der Waals surface area (Å²) in [5, 5.41) is 3.26. The number of rotatable bonds is 5. The maximum atomic E-state index is 5.68. The van der Waals surface area contributed by atoms with E-state index in [0.29, 0.717) is 6.54 Å². The molecule has 0 rings (SSSR count). The monoisotopic (exact) mass is 184 g/mol. The first-order valence-corrected chi connectivity index (χ1v) is 4.47. The average molecular weight is 184 g/mol. The van der Waals surface area contributed by atoms with E-state index < -0.39 is 0 Å². The van der Waals surface area contributed by atoms with Gasteiger partial charge in [0.2, 0.25) is 0 Å². The number of ether oxygens (including phenoxy) is 1. The minimum absolute atomic E-state index is 0.00569. The van der Waals surface area contributed by atoms with Crippen LogP contribution in [0.3, 0.4) is 0 Å². The molecule has 0 saturated heterocycles. The van der Waals surface area contributed by atoms with Crippen molar-refractivity contribution in [3.05, 3.63) is 0 Å². The van der Waals surface area contributed by atoms with Crippen LogP contribution in [0, 0.1) is 12.3 Å². The number of nitrogens with two attached hydrogens (primary N) is 1. The van der Waals surface area contributed by atoms with Crippen molar-refractivity contribution in [3.8, 4) is 12.3 Å². The number of methoxy groups -OCH3 is 1. The van der Waals surface area contributed by atoms with Crippen LogP contribution in [0.2, 0.25) is 0 Å². The molecule has 3 unspecified atom stereocenters. The van der Waals surface area contributed by atoms with Gasteiger partial charge in [-0.3, -0.25) is 5.32 Å². The fourth-order valence-corrected chi connectivity index (χ4v) is 1.14. The molecule has 3 nitrogen and oxygen atoms in total. The molecule has 0 fully saturated rings. The van der Waals surface area contributed by atoms with E-state index in [0.717, 1.165) is 0 Å². The summed E-state index contributed by atoms with van der Waals surface area (Å²) < 4.78 is 5.24. The zero-order valence-electron chi connectivity index (χ0n) is 8.92. The smallest absolute Gasteiger partial charge is 0.0734 e. The van der Waals surface area contributed by atoms with Crippen molar-refractivity contribution in [3.63, 3.8) is 0 Å². The topological polar surface area (TPSA) is 47.3 Å². The SMILES string of the molecule is C#CC(C)NC(C)(CN)C(C)OC. The van der Waals surface area contributed by atoms with E-state index in [1.807, 2.05) is 20.8 Å². The third-order valence-electron chi connectivity index (χ3n) is 2.47. The molecule has 3 atom stereocenters. The molecule has 13 heavy (non-hydrogen) atoms. The molecular formula is C10H20N2O. The highest BCUT2D eigenvalue weighted by atomic mass is 16.5. The minimum Gasteiger partial charge on any atom is -0.380 e. The van der Waals surface area contributed by atoms with Gasteiger partial charge in [-0.1, -0.05) is 5.92 Å². The molecule has 0 bridgehead atoms. The van der Waals surface area contributed by atoms with Crippen LogP contribution in [0.5, 0.6) is 0 Å². The Labute approximate surface area is 81.0 Å². The Bertz CT molecular complexity index is 188. The van der Waals surface area contributed by atoms with Gasteiger partial charge < -0.3 is 10.5 Å². The highest BCUT2D eigenvalue weighted by Crippen LogP contribution is 2.11. The number of hydrogen-bond acceptors (Lipinski definition) is 3. The number of terminal acetylenes is 1. The Balaban J connectivity index is 4.37.